The smallest absolute Gasteiger partial charge is 0.263 e. The van der Waals surface area contributed by atoms with Gasteiger partial charge in [-0.2, -0.15) is 16.1 Å². The van der Waals surface area contributed by atoms with E-state index in [4.69, 9.17) is 5.21 Å². The van der Waals surface area contributed by atoms with Crippen LogP contribution in [0.25, 0.3) is 11.1 Å². The zero-order chi connectivity index (χ0) is 20.5. The second kappa shape index (κ2) is 7.87. The molecule has 0 unspecified atom stereocenters. The molecule has 0 aromatic heterocycles. The van der Waals surface area contributed by atoms with Crippen LogP contribution in [-0.4, -0.2) is 46.9 Å². The molecule has 1 fully saturated rings. The number of benzene rings is 2. The van der Waals surface area contributed by atoms with Gasteiger partial charge in [0.25, 0.3) is 5.91 Å². The number of sulfonamides is 1. The maximum atomic E-state index is 13.3. The zero-order valence-electron chi connectivity index (χ0n) is 16.0. The Morgan fingerprint density at radius 2 is 1.64 bits per heavy atom. The summed E-state index contributed by atoms with van der Waals surface area (Å²) >= 11 is 1.51. The zero-order valence-corrected chi connectivity index (χ0v) is 17.7. The number of nitrogens with zero attached hydrogens (tertiary/aromatic N) is 1. The summed E-state index contributed by atoms with van der Waals surface area (Å²) in [5, 5.41) is 9.12. The van der Waals surface area contributed by atoms with Crippen LogP contribution in [0.3, 0.4) is 0 Å². The van der Waals surface area contributed by atoms with Crippen molar-refractivity contribution in [3.05, 3.63) is 54.1 Å². The summed E-state index contributed by atoms with van der Waals surface area (Å²) < 4.78 is 27.0. The van der Waals surface area contributed by atoms with Gasteiger partial charge in [0, 0.05) is 17.0 Å². The average molecular weight is 421 g/mol. The van der Waals surface area contributed by atoms with Crippen LogP contribution >= 0.6 is 11.8 Å². The maximum absolute atomic E-state index is 13.3. The molecule has 1 atom stereocenters. The van der Waals surface area contributed by atoms with Crippen LogP contribution < -0.4 is 5.48 Å². The Morgan fingerprint density at radius 3 is 2.18 bits per heavy atom. The first-order valence-electron chi connectivity index (χ1n) is 8.94. The summed E-state index contributed by atoms with van der Waals surface area (Å²) in [5.41, 5.74) is 4.69. The Bertz CT molecular complexity index is 955. The molecule has 1 heterocycles. The Morgan fingerprint density at radius 1 is 1.11 bits per heavy atom. The van der Waals surface area contributed by atoms with Crippen molar-refractivity contribution in [2.45, 2.75) is 36.5 Å². The van der Waals surface area contributed by atoms with Crippen molar-refractivity contribution in [1.29, 1.82) is 0 Å². The first-order chi connectivity index (χ1) is 13.2. The van der Waals surface area contributed by atoms with Gasteiger partial charge < -0.3 is 0 Å². The number of rotatable bonds is 4. The number of hydroxylamine groups is 1. The van der Waals surface area contributed by atoms with Gasteiger partial charge in [-0.25, -0.2) is 13.9 Å². The average Bonchev–Trinajstić information content (AvgIpc) is 2.67. The van der Waals surface area contributed by atoms with E-state index in [1.54, 1.807) is 43.6 Å². The van der Waals surface area contributed by atoms with Gasteiger partial charge in [0.2, 0.25) is 10.0 Å². The monoisotopic (exact) mass is 420 g/mol. The Kier molecular flexibility index (Phi) is 5.86. The summed E-state index contributed by atoms with van der Waals surface area (Å²) in [4.78, 5) is 12.4. The minimum Gasteiger partial charge on any atom is -0.289 e. The van der Waals surface area contributed by atoms with Gasteiger partial charge in [-0.3, -0.25) is 10.0 Å². The van der Waals surface area contributed by atoms with E-state index in [0.717, 1.165) is 16.7 Å². The van der Waals surface area contributed by atoms with Crippen molar-refractivity contribution in [3.8, 4) is 11.1 Å². The predicted octanol–water partition coefficient (Wildman–Crippen LogP) is 3.05. The van der Waals surface area contributed by atoms with Crippen LogP contribution in [0.2, 0.25) is 0 Å². The van der Waals surface area contributed by atoms with Crippen LogP contribution in [0.5, 0.6) is 0 Å². The van der Waals surface area contributed by atoms with Crippen LogP contribution in [0.4, 0.5) is 0 Å². The van der Waals surface area contributed by atoms with Crippen LogP contribution in [0.15, 0.2) is 53.4 Å². The van der Waals surface area contributed by atoms with E-state index in [1.165, 1.54) is 16.1 Å². The fraction of sp³-hybridized carbons (Fsp3) is 0.350. The van der Waals surface area contributed by atoms with E-state index in [-0.39, 0.29) is 11.4 Å². The lowest BCUT2D eigenvalue weighted by Gasteiger charge is -2.43. The first-order valence-corrected chi connectivity index (χ1v) is 11.4. The molecule has 0 bridgehead atoms. The lowest BCUT2D eigenvalue weighted by Crippen LogP contribution is -2.61. The highest BCUT2D eigenvalue weighted by Gasteiger charge is 2.48. The van der Waals surface area contributed by atoms with Gasteiger partial charge in [-0.05, 0) is 44.0 Å². The summed E-state index contributed by atoms with van der Waals surface area (Å²) in [6, 6.07) is 13.6. The molecule has 150 valence electrons. The molecule has 0 aliphatic carbocycles. The first kappa shape index (κ1) is 20.9. The minimum atomic E-state index is -3.89. The summed E-state index contributed by atoms with van der Waals surface area (Å²) in [6.07, 6.45) is 0. The molecule has 1 saturated heterocycles. The summed E-state index contributed by atoms with van der Waals surface area (Å²) in [5.74, 6) is -0.153. The van der Waals surface area contributed by atoms with E-state index < -0.39 is 26.7 Å². The fourth-order valence-corrected chi connectivity index (χ4v) is 6.53. The molecule has 2 aromatic carbocycles. The van der Waals surface area contributed by atoms with Gasteiger partial charge in [-0.1, -0.05) is 42.0 Å². The van der Waals surface area contributed by atoms with Crippen molar-refractivity contribution in [3.63, 3.8) is 0 Å². The molecule has 2 N–H and O–H groups in total. The Balaban J connectivity index is 1.95. The standard InChI is InChI=1S/C20H24N2O4S2/c1-14-4-6-15(7-5-14)16-8-10-17(11-9-16)28(25,26)22-12-13-27-20(2,3)18(22)19(23)21-24/h4-11,18,24H,12-13H2,1-3H3,(H,21,23)/t18-/m0/s1. The van der Waals surface area contributed by atoms with Crippen LogP contribution in [0.1, 0.15) is 19.4 Å². The van der Waals surface area contributed by atoms with E-state index in [1.807, 2.05) is 31.2 Å². The molecular formula is C20H24N2O4S2. The maximum Gasteiger partial charge on any atom is 0.263 e. The van der Waals surface area contributed by atoms with Crippen molar-refractivity contribution in [2.75, 3.05) is 12.3 Å². The SMILES string of the molecule is Cc1ccc(-c2ccc(S(=O)(=O)N3CCSC(C)(C)[C@@H]3C(=O)NO)cc2)cc1. The number of thioether (sulfide) groups is 1. The number of aryl methyl sites for hydroxylation is 1. The van der Waals surface area contributed by atoms with Gasteiger partial charge in [0.15, 0.2) is 0 Å². The normalized spacial score (nSPS) is 19.9. The molecule has 0 radical (unpaired) electrons. The third-order valence-corrected chi connectivity index (χ3v) is 8.17. The molecule has 8 heteroatoms. The quantitative estimate of drug-likeness (QED) is 0.586. The number of carbonyl (C=O) groups excluding carboxylic acids is 1. The number of hydrogen-bond donors (Lipinski definition) is 2. The molecule has 0 saturated carbocycles. The predicted molar refractivity (Wildman–Crippen MR) is 111 cm³/mol. The highest BCUT2D eigenvalue weighted by molar-refractivity contribution is 8.00. The van der Waals surface area contributed by atoms with Crippen LogP contribution in [0, 0.1) is 6.92 Å². The largest absolute Gasteiger partial charge is 0.289 e. The minimum absolute atomic E-state index is 0.127. The molecule has 3 rings (SSSR count). The van der Waals surface area contributed by atoms with Gasteiger partial charge in [0.1, 0.15) is 6.04 Å². The molecule has 0 spiro atoms. The van der Waals surface area contributed by atoms with Crippen LogP contribution in [-0.2, 0) is 14.8 Å². The van der Waals surface area contributed by atoms with E-state index in [0.29, 0.717) is 5.75 Å². The number of carbonyl (C=O) groups is 1. The van der Waals surface area contributed by atoms with E-state index in [9.17, 15) is 13.2 Å². The lowest BCUT2D eigenvalue weighted by molar-refractivity contribution is -0.134. The van der Waals surface area contributed by atoms with Gasteiger partial charge in [-0.15, -0.1) is 0 Å². The number of amides is 1. The van der Waals surface area contributed by atoms with Crippen molar-refractivity contribution < 1.29 is 18.4 Å². The van der Waals surface area contributed by atoms with E-state index in [2.05, 4.69) is 0 Å². The number of hydrogen-bond acceptors (Lipinski definition) is 5. The molecule has 1 amide bonds. The van der Waals surface area contributed by atoms with Crippen molar-refractivity contribution in [2.24, 2.45) is 0 Å². The number of nitrogens with one attached hydrogen (secondary N) is 1. The molecule has 1 aliphatic rings. The highest BCUT2D eigenvalue weighted by atomic mass is 32.2. The van der Waals surface area contributed by atoms with E-state index >= 15 is 0 Å². The molecular weight excluding hydrogens is 396 g/mol. The molecule has 28 heavy (non-hydrogen) atoms. The lowest BCUT2D eigenvalue weighted by atomic mass is 10.0. The molecule has 1 aliphatic heterocycles. The van der Waals surface area contributed by atoms with Crippen molar-refractivity contribution >= 4 is 27.7 Å². The summed E-state index contributed by atoms with van der Waals surface area (Å²) in [7, 11) is -3.89. The third-order valence-electron chi connectivity index (χ3n) is 4.94. The second-order valence-corrected chi connectivity index (χ2v) is 11.0. The summed E-state index contributed by atoms with van der Waals surface area (Å²) in [6.45, 7) is 5.82. The topological polar surface area (TPSA) is 86.7 Å². The Labute approximate surface area is 170 Å². The van der Waals surface area contributed by atoms with Crippen molar-refractivity contribution in [1.82, 2.24) is 9.79 Å². The Hall–Kier alpha value is -1.87. The molecule has 2 aromatic rings. The second-order valence-electron chi connectivity index (χ2n) is 7.34. The molecule has 6 nitrogen and oxygen atoms in total. The van der Waals surface area contributed by atoms with Gasteiger partial charge in [0.05, 0.1) is 4.90 Å². The van der Waals surface area contributed by atoms with Gasteiger partial charge >= 0.3 is 0 Å². The third kappa shape index (κ3) is 3.96. The highest BCUT2D eigenvalue weighted by Crippen LogP contribution is 2.38. The fourth-order valence-electron chi connectivity index (χ4n) is 3.42.